The van der Waals surface area contributed by atoms with Crippen molar-refractivity contribution in [1.82, 2.24) is 5.32 Å². The van der Waals surface area contributed by atoms with Crippen molar-refractivity contribution < 1.29 is 24.9 Å². The normalized spacial score (nSPS) is 63.7. The molecule has 3 saturated carbocycles. The summed E-state index contributed by atoms with van der Waals surface area (Å²) in [5.41, 5.74) is -2.91. The van der Waals surface area contributed by atoms with E-state index in [1.165, 1.54) is 0 Å². The average molecular weight is 361 g/mol. The van der Waals surface area contributed by atoms with Crippen molar-refractivity contribution in [1.29, 1.82) is 0 Å². The molecule has 4 N–H and O–H groups in total. The lowest BCUT2D eigenvalue weighted by atomic mass is 9.37. The molecular weight excluding hydrogens is 334 g/mol. The van der Waals surface area contributed by atoms with Crippen molar-refractivity contribution in [2.24, 2.45) is 34.0 Å². The quantitative estimate of drug-likeness (QED) is 0.356. The molecule has 7 rings (SSSR count). The Morgan fingerprint density at radius 3 is 2.65 bits per heavy atom. The van der Waals surface area contributed by atoms with E-state index < -0.39 is 34.4 Å². The Balaban J connectivity index is 1.65. The van der Waals surface area contributed by atoms with Crippen LogP contribution in [0.4, 0.5) is 0 Å². The Morgan fingerprint density at radius 2 is 1.96 bits per heavy atom. The number of rotatable bonds is 0. The van der Waals surface area contributed by atoms with E-state index in [2.05, 4.69) is 31.3 Å². The largest absolute Gasteiger partial charge is 0.391 e. The van der Waals surface area contributed by atoms with Gasteiger partial charge in [0.05, 0.1) is 18.2 Å². The Hall–Kier alpha value is -0.790. The van der Waals surface area contributed by atoms with E-state index in [1.807, 2.05) is 0 Å². The monoisotopic (exact) mass is 361 g/mol. The van der Waals surface area contributed by atoms with Gasteiger partial charge < -0.3 is 25.4 Å². The number of hydrogen-bond acceptors (Lipinski definition) is 6. The van der Waals surface area contributed by atoms with Crippen LogP contribution in [0.3, 0.4) is 0 Å². The van der Waals surface area contributed by atoms with Crippen molar-refractivity contribution in [2.75, 3.05) is 13.2 Å². The number of Topliss-reactive ketones (excluding diaryl/α,β-unsaturated/α-hetero) is 1. The number of carbonyl (C=O) groups excluding carboxylic acids is 1. The Morgan fingerprint density at radius 1 is 1.23 bits per heavy atom. The van der Waals surface area contributed by atoms with Crippen LogP contribution < -0.4 is 5.32 Å². The first kappa shape index (κ1) is 16.2. The molecule has 4 bridgehead atoms. The van der Waals surface area contributed by atoms with Crippen LogP contribution in [0.15, 0.2) is 12.2 Å². The Kier molecular flexibility index (Phi) is 2.57. The SMILES string of the molecule is CC1(C)CC=C[C@]23CO[C@@](O)([C@@H](O)C12)[C@]12C(=O)C4(CN4)[C@H](CC[C@H]13)[C@H]2O. The summed E-state index contributed by atoms with van der Waals surface area (Å²) in [6.45, 7) is 5.07. The highest BCUT2D eigenvalue weighted by Gasteiger charge is 2.89. The van der Waals surface area contributed by atoms with E-state index in [9.17, 15) is 20.1 Å². The molecular formula is C20H27NO5. The zero-order valence-electron chi connectivity index (χ0n) is 15.2. The molecule has 3 spiro atoms. The molecule has 6 nitrogen and oxygen atoms in total. The molecule has 9 atom stereocenters. The minimum atomic E-state index is -2.02. The first-order valence-electron chi connectivity index (χ1n) is 9.89. The third kappa shape index (κ3) is 1.26. The molecule has 0 aromatic heterocycles. The van der Waals surface area contributed by atoms with Crippen LogP contribution in [0.2, 0.25) is 0 Å². The van der Waals surface area contributed by atoms with Gasteiger partial charge in [-0.05, 0) is 30.6 Å². The minimum Gasteiger partial charge on any atom is -0.391 e. The number of fused-ring (bicyclic) bond motifs is 3. The molecule has 6 heteroatoms. The number of aliphatic hydroxyl groups is 3. The molecule has 0 radical (unpaired) electrons. The van der Waals surface area contributed by atoms with Gasteiger partial charge in [-0.15, -0.1) is 0 Å². The van der Waals surface area contributed by atoms with E-state index >= 15 is 0 Å². The van der Waals surface area contributed by atoms with E-state index in [0.29, 0.717) is 13.2 Å². The smallest absolute Gasteiger partial charge is 0.208 e. The number of nitrogens with one attached hydrogen (secondary N) is 1. The highest BCUT2D eigenvalue weighted by Crippen LogP contribution is 2.76. The fraction of sp³-hybridized carbons (Fsp3) is 0.850. The third-order valence-corrected chi connectivity index (χ3v) is 9.13. The van der Waals surface area contributed by atoms with E-state index in [1.54, 1.807) is 0 Å². The lowest BCUT2D eigenvalue weighted by Crippen LogP contribution is -2.83. The number of ether oxygens (including phenoxy) is 1. The van der Waals surface area contributed by atoms with Gasteiger partial charge in [0, 0.05) is 23.8 Å². The molecule has 0 aromatic carbocycles. The first-order valence-corrected chi connectivity index (χ1v) is 9.89. The van der Waals surface area contributed by atoms with Gasteiger partial charge in [0.1, 0.15) is 11.5 Å². The molecule has 0 aromatic rings. The summed E-state index contributed by atoms with van der Waals surface area (Å²) in [6, 6.07) is 0. The van der Waals surface area contributed by atoms with Gasteiger partial charge in [-0.1, -0.05) is 26.0 Å². The van der Waals surface area contributed by atoms with Crippen molar-refractivity contribution in [3.05, 3.63) is 12.2 Å². The zero-order valence-corrected chi connectivity index (χ0v) is 15.2. The third-order valence-electron chi connectivity index (χ3n) is 9.13. The second-order valence-corrected chi connectivity index (χ2v) is 10.3. The number of allylic oxidation sites excluding steroid dienone is 1. The number of carbonyl (C=O) groups is 1. The minimum absolute atomic E-state index is 0.138. The summed E-state index contributed by atoms with van der Waals surface area (Å²) in [6.07, 6.45) is 4.44. The summed E-state index contributed by atoms with van der Waals surface area (Å²) in [4.78, 5) is 13.7. The van der Waals surface area contributed by atoms with Gasteiger partial charge in [-0.2, -0.15) is 0 Å². The van der Waals surface area contributed by atoms with Crippen molar-refractivity contribution in [3.63, 3.8) is 0 Å². The van der Waals surface area contributed by atoms with Crippen molar-refractivity contribution in [3.8, 4) is 0 Å². The van der Waals surface area contributed by atoms with Crippen molar-refractivity contribution >= 4 is 5.78 Å². The topological polar surface area (TPSA) is 109 Å². The molecule has 4 aliphatic carbocycles. The fourth-order valence-electron chi connectivity index (χ4n) is 8.18. The second-order valence-electron chi connectivity index (χ2n) is 10.3. The molecule has 142 valence electrons. The fourth-order valence-corrected chi connectivity index (χ4v) is 8.18. The van der Waals surface area contributed by atoms with Crippen LogP contribution in [0, 0.1) is 34.0 Å². The second kappa shape index (κ2) is 4.13. The molecule has 3 aliphatic heterocycles. The predicted molar refractivity (Wildman–Crippen MR) is 90.8 cm³/mol. The van der Waals surface area contributed by atoms with E-state index in [-0.39, 0.29) is 29.0 Å². The van der Waals surface area contributed by atoms with E-state index in [4.69, 9.17) is 4.74 Å². The number of ketones is 1. The summed E-state index contributed by atoms with van der Waals surface area (Å²) in [7, 11) is 0. The van der Waals surface area contributed by atoms with Gasteiger partial charge >= 0.3 is 0 Å². The summed E-state index contributed by atoms with van der Waals surface area (Å²) in [5.74, 6) is -2.77. The lowest BCUT2D eigenvalue weighted by molar-refractivity contribution is -0.436. The van der Waals surface area contributed by atoms with Gasteiger partial charge in [-0.25, -0.2) is 0 Å². The van der Waals surface area contributed by atoms with Crippen molar-refractivity contribution in [2.45, 2.75) is 56.6 Å². The van der Waals surface area contributed by atoms with Crippen LogP contribution in [0.25, 0.3) is 0 Å². The molecule has 26 heavy (non-hydrogen) atoms. The van der Waals surface area contributed by atoms with Gasteiger partial charge in [0.25, 0.3) is 0 Å². The van der Waals surface area contributed by atoms with Crippen LogP contribution in [-0.4, -0.2) is 57.8 Å². The molecule has 7 aliphatic rings. The summed E-state index contributed by atoms with van der Waals surface area (Å²) < 4.78 is 5.93. The average Bonchev–Trinajstić information content (AvgIpc) is 3.36. The van der Waals surface area contributed by atoms with Gasteiger partial charge in [0.2, 0.25) is 5.79 Å². The predicted octanol–water partition coefficient (Wildman–Crippen LogP) is -0.0334. The van der Waals surface area contributed by atoms with Crippen LogP contribution in [0.5, 0.6) is 0 Å². The number of aliphatic hydroxyl groups excluding tert-OH is 2. The molecule has 3 saturated heterocycles. The Bertz CT molecular complexity index is 759. The summed E-state index contributed by atoms with van der Waals surface area (Å²) >= 11 is 0. The Labute approximate surface area is 152 Å². The lowest BCUT2D eigenvalue weighted by Gasteiger charge is -2.72. The van der Waals surface area contributed by atoms with Crippen LogP contribution in [-0.2, 0) is 9.53 Å². The molecule has 0 amide bonds. The highest BCUT2D eigenvalue weighted by atomic mass is 16.6. The molecule has 2 unspecified atom stereocenters. The maximum absolute atomic E-state index is 13.7. The summed E-state index contributed by atoms with van der Waals surface area (Å²) in [5, 5.41) is 37.6. The van der Waals surface area contributed by atoms with Crippen LogP contribution >= 0.6 is 0 Å². The molecule has 3 heterocycles. The van der Waals surface area contributed by atoms with Gasteiger partial charge in [-0.3, -0.25) is 4.79 Å². The zero-order chi connectivity index (χ0) is 18.3. The first-order chi connectivity index (χ1) is 12.2. The maximum Gasteiger partial charge on any atom is 0.208 e. The van der Waals surface area contributed by atoms with E-state index in [0.717, 1.165) is 19.3 Å². The number of hydrogen-bond donors (Lipinski definition) is 4. The highest BCUT2D eigenvalue weighted by molar-refractivity contribution is 6.02. The maximum atomic E-state index is 13.7. The standard InChI is InChI=1S/C20H27NO5/c1-16(2)6-3-7-17-9-26-20(25,14(23)12(16)17)19-11(17)5-4-10(13(19)22)18(8-21-18)15(19)24/h3,7,10-14,21-23,25H,4-6,8-9H2,1-2H3/t10-,11+,12?,13-,14+,17-,18?,19-,20+/m1/s1. The van der Waals surface area contributed by atoms with Gasteiger partial charge in [0.15, 0.2) is 5.78 Å². The molecule has 6 fully saturated rings. The van der Waals surface area contributed by atoms with Crippen LogP contribution in [0.1, 0.15) is 33.1 Å².